The Hall–Kier alpha value is -2.75. The van der Waals surface area contributed by atoms with Crippen LogP contribution in [0.15, 0.2) is 57.7 Å². The molecule has 0 unspecified atom stereocenters. The highest BCUT2D eigenvalue weighted by Crippen LogP contribution is 2.31. The SMILES string of the molecule is COc1cc(OC)c2c(=O)oc(-c3ccccc3)cc2c1. The zero-order chi connectivity index (χ0) is 14.8. The second kappa shape index (κ2) is 5.32. The maximum Gasteiger partial charge on any atom is 0.347 e. The van der Waals surface area contributed by atoms with Crippen LogP contribution in [-0.2, 0) is 0 Å². The molecule has 1 heterocycles. The fraction of sp³-hybridized carbons (Fsp3) is 0.118. The molecule has 106 valence electrons. The second-order valence-corrected chi connectivity index (χ2v) is 4.56. The van der Waals surface area contributed by atoms with Gasteiger partial charge in [0.25, 0.3) is 0 Å². The van der Waals surface area contributed by atoms with E-state index < -0.39 is 5.63 Å². The first-order chi connectivity index (χ1) is 10.2. The number of rotatable bonds is 3. The van der Waals surface area contributed by atoms with E-state index in [1.54, 1.807) is 19.2 Å². The Morgan fingerprint density at radius 1 is 0.952 bits per heavy atom. The lowest BCUT2D eigenvalue weighted by Gasteiger charge is -2.09. The van der Waals surface area contributed by atoms with Gasteiger partial charge in [-0.3, -0.25) is 0 Å². The van der Waals surface area contributed by atoms with Crippen molar-refractivity contribution >= 4 is 10.8 Å². The zero-order valence-electron chi connectivity index (χ0n) is 11.8. The van der Waals surface area contributed by atoms with Crippen molar-refractivity contribution in [2.24, 2.45) is 0 Å². The molecule has 21 heavy (non-hydrogen) atoms. The summed E-state index contributed by atoms with van der Waals surface area (Å²) in [5.74, 6) is 1.59. The van der Waals surface area contributed by atoms with E-state index in [9.17, 15) is 4.79 Å². The molecule has 0 bridgehead atoms. The van der Waals surface area contributed by atoms with Gasteiger partial charge in [-0.05, 0) is 12.1 Å². The summed E-state index contributed by atoms with van der Waals surface area (Å²) in [5.41, 5.74) is 0.421. The van der Waals surface area contributed by atoms with Gasteiger partial charge in [-0.1, -0.05) is 30.3 Å². The predicted octanol–water partition coefficient (Wildman–Crippen LogP) is 3.48. The lowest BCUT2D eigenvalue weighted by atomic mass is 10.1. The summed E-state index contributed by atoms with van der Waals surface area (Å²) in [6.07, 6.45) is 0. The lowest BCUT2D eigenvalue weighted by Crippen LogP contribution is -2.03. The van der Waals surface area contributed by atoms with Gasteiger partial charge in [-0.2, -0.15) is 0 Å². The molecule has 1 aromatic heterocycles. The molecule has 0 aliphatic rings. The van der Waals surface area contributed by atoms with Gasteiger partial charge in [0.2, 0.25) is 0 Å². The van der Waals surface area contributed by atoms with E-state index in [-0.39, 0.29) is 0 Å². The van der Waals surface area contributed by atoms with Crippen LogP contribution in [0.1, 0.15) is 0 Å². The third kappa shape index (κ3) is 2.36. The molecule has 0 saturated carbocycles. The third-order valence-electron chi connectivity index (χ3n) is 3.31. The van der Waals surface area contributed by atoms with Crippen LogP contribution in [0.3, 0.4) is 0 Å². The van der Waals surface area contributed by atoms with Crippen molar-refractivity contribution in [3.63, 3.8) is 0 Å². The summed E-state index contributed by atoms with van der Waals surface area (Å²) in [6.45, 7) is 0. The van der Waals surface area contributed by atoms with Gasteiger partial charge >= 0.3 is 5.63 Å². The molecule has 0 atom stereocenters. The van der Waals surface area contributed by atoms with Crippen molar-refractivity contribution in [1.82, 2.24) is 0 Å². The van der Waals surface area contributed by atoms with E-state index in [1.807, 2.05) is 36.4 Å². The predicted molar refractivity (Wildman–Crippen MR) is 81.0 cm³/mol. The lowest BCUT2D eigenvalue weighted by molar-refractivity contribution is 0.396. The molecule has 0 radical (unpaired) electrons. The molecule has 0 N–H and O–H groups in total. The molecule has 2 aromatic carbocycles. The Kier molecular flexibility index (Phi) is 3.36. The number of ether oxygens (including phenoxy) is 2. The summed E-state index contributed by atoms with van der Waals surface area (Å²) in [7, 11) is 3.09. The first-order valence-corrected chi connectivity index (χ1v) is 6.48. The summed E-state index contributed by atoms with van der Waals surface area (Å²) in [6, 6.07) is 14.8. The molecule has 0 amide bonds. The van der Waals surface area contributed by atoms with Crippen LogP contribution in [0, 0.1) is 0 Å². The zero-order valence-corrected chi connectivity index (χ0v) is 11.8. The van der Waals surface area contributed by atoms with E-state index in [0.29, 0.717) is 22.6 Å². The average Bonchev–Trinajstić information content (AvgIpc) is 2.54. The van der Waals surface area contributed by atoms with Crippen molar-refractivity contribution in [3.05, 3.63) is 59.0 Å². The van der Waals surface area contributed by atoms with Crippen molar-refractivity contribution < 1.29 is 13.9 Å². The maximum atomic E-state index is 12.3. The van der Waals surface area contributed by atoms with Crippen LogP contribution in [0.2, 0.25) is 0 Å². The third-order valence-corrected chi connectivity index (χ3v) is 3.31. The molecular formula is C17H14O4. The van der Waals surface area contributed by atoms with Gasteiger partial charge in [0.05, 0.1) is 14.2 Å². The quantitative estimate of drug-likeness (QED) is 0.738. The van der Waals surface area contributed by atoms with E-state index in [2.05, 4.69) is 0 Å². The van der Waals surface area contributed by atoms with Gasteiger partial charge in [0.1, 0.15) is 22.6 Å². The normalized spacial score (nSPS) is 10.6. The van der Waals surface area contributed by atoms with E-state index in [1.165, 1.54) is 7.11 Å². The first kappa shape index (κ1) is 13.2. The Bertz CT molecular complexity index is 835. The van der Waals surface area contributed by atoms with E-state index in [0.717, 1.165) is 10.9 Å². The molecular weight excluding hydrogens is 268 g/mol. The second-order valence-electron chi connectivity index (χ2n) is 4.56. The van der Waals surface area contributed by atoms with Crippen LogP contribution in [0.5, 0.6) is 11.5 Å². The molecule has 3 aromatic rings. The van der Waals surface area contributed by atoms with E-state index in [4.69, 9.17) is 13.9 Å². The largest absolute Gasteiger partial charge is 0.497 e. The maximum absolute atomic E-state index is 12.3. The van der Waals surface area contributed by atoms with Crippen LogP contribution in [0.4, 0.5) is 0 Å². The van der Waals surface area contributed by atoms with Gasteiger partial charge < -0.3 is 13.9 Å². The van der Waals surface area contributed by atoms with Gasteiger partial charge in [0, 0.05) is 17.0 Å². The minimum atomic E-state index is -0.425. The Balaban J connectivity index is 2.31. The molecule has 4 nitrogen and oxygen atoms in total. The van der Waals surface area contributed by atoms with Crippen LogP contribution < -0.4 is 15.1 Å². The van der Waals surface area contributed by atoms with Gasteiger partial charge in [0.15, 0.2) is 0 Å². The number of hydrogen-bond acceptors (Lipinski definition) is 4. The average molecular weight is 282 g/mol. The summed E-state index contributed by atoms with van der Waals surface area (Å²) < 4.78 is 15.9. The Labute approximate surface area is 121 Å². The fourth-order valence-corrected chi connectivity index (χ4v) is 2.29. The molecule has 0 saturated heterocycles. The Morgan fingerprint density at radius 3 is 2.38 bits per heavy atom. The van der Waals surface area contributed by atoms with Crippen LogP contribution >= 0.6 is 0 Å². The first-order valence-electron chi connectivity index (χ1n) is 6.48. The van der Waals surface area contributed by atoms with Crippen molar-refractivity contribution in [2.45, 2.75) is 0 Å². The molecule has 0 aliphatic heterocycles. The molecule has 0 spiro atoms. The number of fused-ring (bicyclic) bond motifs is 1. The number of methoxy groups -OCH3 is 2. The summed E-state index contributed by atoms with van der Waals surface area (Å²) in [5, 5.41) is 1.14. The van der Waals surface area contributed by atoms with Crippen molar-refractivity contribution in [3.8, 4) is 22.8 Å². The fourth-order valence-electron chi connectivity index (χ4n) is 2.29. The molecule has 0 aliphatic carbocycles. The summed E-state index contributed by atoms with van der Waals surface area (Å²) in [4.78, 5) is 12.3. The molecule has 4 heteroatoms. The number of hydrogen-bond donors (Lipinski definition) is 0. The van der Waals surface area contributed by atoms with Crippen molar-refractivity contribution in [1.29, 1.82) is 0 Å². The molecule has 0 fully saturated rings. The highest BCUT2D eigenvalue weighted by Gasteiger charge is 2.13. The van der Waals surface area contributed by atoms with Crippen LogP contribution in [-0.4, -0.2) is 14.2 Å². The van der Waals surface area contributed by atoms with Crippen molar-refractivity contribution in [2.75, 3.05) is 14.2 Å². The molecule has 3 rings (SSSR count). The highest BCUT2D eigenvalue weighted by atomic mass is 16.5. The van der Waals surface area contributed by atoms with E-state index >= 15 is 0 Å². The van der Waals surface area contributed by atoms with Gasteiger partial charge in [-0.25, -0.2) is 4.79 Å². The monoisotopic (exact) mass is 282 g/mol. The minimum Gasteiger partial charge on any atom is -0.497 e. The minimum absolute atomic E-state index is 0.415. The smallest absolute Gasteiger partial charge is 0.347 e. The standard InChI is InChI=1S/C17H14O4/c1-19-13-8-12-9-14(11-6-4-3-5-7-11)21-17(18)16(12)15(10-13)20-2/h3-10H,1-2H3. The highest BCUT2D eigenvalue weighted by molar-refractivity contribution is 5.90. The summed E-state index contributed by atoms with van der Waals surface area (Å²) >= 11 is 0. The van der Waals surface area contributed by atoms with Crippen LogP contribution in [0.25, 0.3) is 22.1 Å². The topological polar surface area (TPSA) is 48.7 Å². The Morgan fingerprint density at radius 2 is 1.71 bits per heavy atom. The number of benzene rings is 2. The van der Waals surface area contributed by atoms with Gasteiger partial charge in [-0.15, -0.1) is 0 Å².